The molecule has 1 aliphatic rings. The van der Waals surface area contributed by atoms with E-state index in [0.29, 0.717) is 22.4 Å². The zero-order valence-corrected chi connectivity index (χ0v) is 22.9. The first kappa shape index (κ1) is 25.7. The van der Waals surface area contributed by atoms with Crippen LogP contribution in [-0.2, 0) is 11.3 Å². The van der Waals surface area contributed by atoms with Crippen LogP contribution >= 0.6 is 24.0 Å². The summed E-state index contributed by atoms with van der Waals surface area (Å²) < 4.78 is 8.11. The highest BCUT2D eigenvalue weighted by atomic mass is 32.2. The molecule has 38 heavy (non-hydrogen) atoms. The van der Waals surface area contributed by atoms with Gasteiger partial charge in [-0.25, -0.2) is 4.68 Å². The smallest absolute Gasteiger partial charge is 0.266 e. The van der Waals surface area contributed by atoms with Crippen molar-refractivity contribution in [3.63, 3.8) is 0 Å². The predicted molar refractivity (Wildman–Crippen MR) is 159 cm³/mol. The molecule has 0 saturated carbocycles. The number of ether oxygens (including phenoxy) is 1. The van der Waals surface area contributed by atoms with Gasteiger partial charge in [-0.2, -0.15) is 5.10 Å². The summed E-state index contributed by atoms with van der Waals surface area (Å²) in [5.41, 5.74) is 6.76. The second kappa shape index (κ2) is 11.2. The molecule has 1 aromatic heterocycles. The van der Waals surface area contributed by atoms with Crippen molar-refractivity contribution < 1.29 is 9.53 Å². The third kappa shape index (κ3) is 5.49. The SMILES string of the molecule is C=CCOc1ccc(-c2nn(-c3ccccc3)cc2C=C2SC(=S)N(Cc3ccc(C)cc3)C2=O)c(C)c1. The Bertz CT molecular complexity index is 1540. The molecule has 5 rings (SSSR count). The van der Waals surface area contributed by atoms with E-state index in [1.165, 1.54) is 17.3 Å². The van der Waals surface area contributed by atoms with Crippen LogP contribution in [0.1, 0.15) is 22.3 Å². The summed E-state index contributed by atoms with van der Waals surface area (Å²) in [6, 6.07) is 24.0. The molecule has 0 atom stereocenters. The average Bonchev–Trinajstić information content (AvgIpc) is 3.45. The van der Waals surface area contributed by atoms with Crippen LogP contribution in [-0.4, -0.2) is 31.5 Å². The first-order valence-corrected chi connectivity index (χ1v) is 13.5. The van der Waals surface area contributed by atoms with Crippen LogP contribution < -0.4 is 4.74 Å². The molecule has 0 N–H and O–H groups in total. The zero-order chi connectivity index (χ0) is 26.6. The summed E-state index contributed by atoms with van der Waals surface area (Å²) in [5, 5.41) is 4.93. The summed E-state index contributed by atoms with van der Waals surface area (Å²) in [6.07, 6.45) is 5.58. The first-order valence-electron chi connectivity index (χ1n) is 12.2. The van der Waals surface area contributed by atoms with E-state index in [2.05, 4.69) is 6.58 Å². The number of thioether (sulfide) groups is 1. The number of rotatable bonds is 8. The van der Waals surface area contributed by atoms with Crippen molar-refractivity contribution >= 4 is 40.3 Å². The summed E-state index contributed by atoms with van der Waals surface area (Å²) >= 11 is 6.93. The Morgan fingerprint density at radius 3 is 2.53 bits per heavy atom. The standard InChI is InChI=1S/C31H27N3O2S2/c1-4-16-36-26-14-15-27(22(3)17-26)29-24(20-34(32-29)25-8-6-5-7-9-25)18-28-30(35)33(31(37)38-28)19-23-12-10-21(2)11-13-23/h4-15,17-18,20H,1,16,19H2,2-3H3. The molecule has 1 aliphatic heterocycles. The molecule has 190 valence electrons. The number of carbonyl (C=O) groups is 1. The number of hydrogen-bond donors (Lipinski definition) is 0. The molecule has 2 heterocycles. The zero-order valence-electron chi connectivity index (χ0n) is 21.3. The van der Waals surface area contributed by atoms with E-state index in [4.69, 9.17) is 22.1 Å². The molecule has 0 spiro atoms. The van der Waals surface area contributed by atoms with Crippen molar-refractivity contribution in [2.75, 3.05) is 6.61 Å². The molecule has 0 unspecified atom stereocenters. The van der Waals surface area contributed by atoms with Gasteiger partial charge in [0, 0.05) is 17.3 Å². The number of benzene rings is 3. The van der Waals surface area contributed by atoms with Gasteiger partial charge in [0.25, 0.3) is 5.91 Å². The molecular weight excluding hydrogens is 510 g/mol. The Labute approximate surface area is 232 Å². The fraction of sp³-hybridized carbons (Fsp3) is 0.129. The van der Waals surface area contributed by atoms with Gasteiger partial charge in [0.1, 0.15) is 22.4 Å². The predicted octanol–water partition coefficient (Wildman–Crippen LogP) is 7.12. The maximum Gasteiger partial charge on any atom is 0.266 e. The highest BCUT2D eigenvalue weighted by Gasteiger charge is 2.32. The van der Waals surface area contributed by atoms with Gasteiger partial charge in [-0.05, 0) is 61.4 Å². The summed E-state index contributed by atoms with van der Waals surface area (Å²) in [5.74, 6) is 0.677. The van der Waals surface area contributed by atoms with Gasteiger partial charge in [0.05, 0.1) is 17.1 Å². The van der Waals surface area contributed by atoms with Gasteiger partial charge >= 0.3 is 0 Å². The van der Waals surface area contributed by atoms with E-state index < -0.39 is 0 Å². The summed E-state index contributed by atoms with van der Waals surface area (Å²) in [6.45, 7) is 8.68. The number of para-hydroxylation sites is 1. The fourth-order valence-corrected chi connectivity index (χ4v) is 5.46. The Morgan fingerprint density at radius 2 is 1.82 bits per heavy atom. The van der Waals surface area contributed by atoms with Crippen molar-refractivity contribution in [1.29, 1.82) is 0 Å². The van der Waals surface area contributed by atoms with E-state index in [-0.39, 0.29) is 5.91 Å². The van der Waals surface area contributed by atoms with E-state index in [0.717, 1.165) is 39.4 Å². The second-order valence-electron chi connectivity index (χ2n) is 9.04. The molecule has 7 heteroatoms. The Balaban J connectivity index is 1.52. The largest absolute Gasteiger partial charge is 0.490 e. The lowest BCUT2D eigenvalue weighted by Crippen LogP contribution is -2.27. The fourth-order valence-electron chi connectivity index (χ4n) is 4.22. The molecule has 1 fully saturated rings. The van der Waals surface area contributed by atoms with Crippen LogP contribution in [0.25, 0.3) is 23.0 Å². The van der Waals surface area contributed by atoms with Gasteiger partial charge < -0.3 is 4.74 Å². The van der Waals surface area contributed by atoms with Crippen LogP contribution in [0.2, 0.25) is 0 Å². The maximum atomic E-state index is 13.4. The van der Waals surface area contributed by atoms with Crippen molar-refractivity contribution in [2.45, 2.75) is 20.4 Å². The lowest BCUT2D eigenvalue weighted by molar-refractivity contribution is -0.122. The Kier molecular flexibility index (Phi) is 7.58. The van der Waals surface area contributed by atoms with Crippen LogP contribution in [0.4, 0.5) is 0 Å². The van der Waals surface area contributed by atoms with Crippen LogP contribution in [0.15, 0.2) is 96.6 Å². The molecule has 5 nitrogen and oxygen atoms in total. The Morgan fingerprint density at radius 1 is 1.05 bits per heavy atom. The summed E-state index contributed by atoms with van der Waals surface area (Å²) in [4.78, 5) is 15.7. The molecule has 3 aromatic carbocycles. The number of hydrogen-bond acceptors (Lipinski definition) is 5. The molecule has 0 aliphatic carbocycles. The molecule has 0 bridgehead atoms. The van der Waals surface area contributed by atoms with Gasteiger partial charge in [0.15, 0.2) is 0 Å². The van der Waals surface area contributed by atoms with Gasteiger partial charge in [-0.15, -0.1) is 0 Å². The number of amides is 1. The molecule has 4 aromatic rings. The second-order valence-corrected chi connectivity index (χ2v) is 10.7. The van der Waals surface area contributed by atoms with E-state index in [1.54, 1.807) is 11.0 Å². The summed E-state index contributed by atoms with van der Waals surface area (Å²) in [7, 11) is 0. The van der Waals surface area contributed by atoms with E-state index in [1.807, 2.05) is 104 Å². The quantitative estimate of drug-likeness (QED) is 0.136. The lowest BCUT2D eigenvalue weighted by atomic mass is 10.0. The topological polar surface area (TPSA) is 47.4 Å². The first-order chi connectivity index (χ1) is 18.4. The van der Waals surface area contributed by atoms with Crippen LogP contribution in [0, 0.1) is 13.8 Å². The third-order valence-electron chi connectivity index (χ3n) is 6.21. The van der Waals surface area contributed by atoms with Crippen molar-refractivity contribution in [3.8, 4) is 22.7 Å². The van der Waals surface area contributed by atoms with Gasteiger partial charge in [-0.3, -0.25) is 9.69 Å². The van der Waals surface area contributed by atoms with Crippen LogP contribution in [0.3, 0.4) is 0 Å². The lowest BCUT2D eigenvalue weighted by Gasteiger charge is -2.14. The van der Waals surface area contributed by atoms with E-state index >= 15 is 0 Å². The Hall–Kier alpha value is -3.94. The minimum atomic E-state index is -0.0936. The number of aromatic nitrogens is 2. The minimum Gasteiger partial charge on any atom is -0.490 e. The molecular formula is C31H27N3O2S2. The maximum absolute atomic E-state index is 13.4. The van der Waals surface area contributed by atoms with Crippen LogP contribution in [0.5, 0.6) is 5.75 Å². The average molecular weight is 538 g/mol. The third-order valence-corrected chi connectivity index (χ3v) is 7.58. The normalized spacial score (nSPS) is 14.4. The highest BCUT2D eigenvalue weighted by molar-refractivity contribution is 8.26. The van der Waals surface area contributed by atoms with Crippen molar-refractivity contribution in [3.05, 3.63) is 119 Å². The van der Waals surface area contributed by atoms with E-state index in [9.17, 15) is 4.79 Å². The molecule has 0 radical (unpaired) electrons. The van der Waals surface area contributed by atoms with Crippen molar-refractivity contribution in [2.24, 2.45) is 0 Å². The number of nitrogens with zero attached hydrogens (tertiary/aromatic N) is 3. The number of thiocarbonyl (C=S) groups is 1. The minimum absolute atomic E-state index is 0.0936. The number of aryl methyl sites for hydroxylation is 2. The molecule has 1 amide bonds. The monoisotopic (exact) mass is 537 g/mol. The number of carbonyl (C=O) groups excluding carboxylic acids is 1. The van der Waals surface area contributed by atoms with Gasteiger partial charge in [0.2, 0.25) is 0 Å². The molecule has 1 saturated heterocycles. The van der Waals surface area contributed by atoms with Crippen molar-refractivity contribution in [1.82, 2.24) is 14.7 Å². The van der Waals surface area contributed by atoms with Gasteiger partial charge in [-0.1, -0.05) is 84.7 Å². The highest BCUT2D eigenvalue weighted by Crippen LogP contribution is 2.36.